The van der Waals surface area contributed by atoms with Crippen molar-refractivity contribution in [2.45, 2.75) is 0 Å². The Labute approximate surface area is 122 Å². The van der Waals surface area contributed by atoms with Crippen LogP contribution >= 0.6 is 0 Å². The van der Waals surface area contributed by atoms with Crippen LogP contribution in [0.15, 0.2) is 53.6 Å². The predicted octanol–water partition coefficient (Wildman–Crippen LogP) is 2.33. The Balaban J connectivity index is 1.96. The van der Waals surface area contributed by atoms with Crippen molar-refractivity contribution in [3.63, 3.8) is 0 Å². The molecule has 0 unspecified atom stereocenters. The molecule has 0 aliphatic heterocycles. The van der Waals surface area contributed by atoms with Gasteiger partial charge in [-0.1, -0.05) is 0 Å². The summed E-state index contributed by atoms with van der Waals surface area (Å²) in [5.41, 5.74) is 4.23. The van der Waals surface area contributed by atoms with Crippen molar-refractivity contribution in [1.82, 2.24) is 5.43 Å². The molecule has 1 amide bonds. The molecule has 0 radical (unpaired) electrons. The molecule has 0 heterocycles. The van der Waals surface area contributed by atoms with E-state index in [4.69, 9.17) is 10.00 Å². The van der Waals surface area contributed by atoms with Crippen LogP contribution in [0.5, 0.6) is 5.75 Å². The number of nitrogens with one attached hydrogen (secondary N) is 1. The molecular formula is C16H13N3O2. The molecule has 2 aromatic carbocycles. The smallest absolute Gasteiger partial charge is 0.271 e. The molecule has 2 rings (SSSR count). The van der Waals surface area contributed by atoms with Gasteiger partial charge >= 0.3 is 0 Å². The second-order valence-electron chi connectivity index (χ2n) is 4.16. The standard InChI is InChI=1S/C16H13N3O2/c1-21-15-8-4-13(5-9-15)11-18-19-16(20)14-6-2-12(10-17)3-7-14/h2-9,11H,1H3,(H,19,20)/b18-11-. The zero-order chi connectivity index (χ0) is 15.1. The summed E-state index contributed by atoms with van der Waals surface area (Å²) in [6.45, 7) is 0. The molecule has 0 saturated carbocycles. The lowest BCUT2D eigenvalue weighted by Crippen LogP contribution is -2.17. The van der Waals surface area contributed by atoms with Crippen molar-refractivity contribution >= 4 is 12.1 Å². The van der Waals surface area contributed by atoms with Gasteiger partial charge in [0.1, 0.15) is 5.75 Å². The minimum atomic E-state index is -0.329. The highest BCUT2D eigenvalue weighted by Gasteiger charge is 2.03. The van der Waals surface area contributed by atoms with Gasteiger partial charge in [0.25, 0.3) is 5.91 Å². The van der Waals surface area contributed by atoms with E-state index in [0.717, 1.165) is 11.3 Å². The van der Waals surface area contributed by atoms with E-state index in [1.807, 2.05) is 30.3 Å². The maximum atomic E-state index is 11.8. The fourth-order valence-corrected chi connectivity index (χ4v) is 1.62. The molecule has 0 aliphatic rings. The molecule has 104 valence electrons. The summed E-state index contributed by atoms with van der Waals surface area (Å²) < 4.78 is 5.05. The number of hydrogen-bond donors (Lipinski definition) is 1. The van der Waals surface area contributed by atoms with Crippen molar-refractivity contribution in [2.75, 3.05) is 7.11 Å². The molecular weight excluding hydrogens is 266 g/mol. The van der Waals surface area contributed by atoms with E-state index >= 15 is 0 Å². The fourth-order valence-electron chi connectivity index (χ4n) is 1.62. The van der Waals surface area contributed by atoms with Gasteiger partial charge in [0.05, 0.1) is 25.0 Å². The summed E-state index contributed by atoms with van der Waals surface area (Å²) >= 11 is 0. The number of carbonyl (C=O) groups is 1. The average molecular weight is 279 g/mol. The van der Waals surface area contributed by atoms with Crippen molar-refractivity contribution < 1.29 is 9.53 Å². The largest absolute Gasteiger partial charge is 0.497 e. The lowest BCUT2D eigenvalue weighted by molar-refractivity contribution is 0.0955. The lowest BCUT2D eigenvalue weighted by Gasteiger charge is -2.00. The van der Waals surface area contributed by atoms with Crippen molar-refractivity contribution in [3.8, 4) is 11.8 Å². The number of nitriles is 1. The molecule has 1 N–H and O–H groups in total. The first-order valence-electron chi connectivity index (χ1n) is 6.20. The summed E-state index contributed by atoms with van der Waals surface area (Å²) in [4.78, 5) is 11.8. The normalized spacial score (nSPS) is 10.1. The highest BCUT2D eigenvalue weighted by atomic mass is 16.5. The Morgan fingerprint density at radius 1 is 1.19 bits per heavy atom. The van der Waals surface area contributed by atoms with Crippen LogP contribution in [0.1, 0.15) is 21.5 Å². The van der Waals surface area contributed by atoms with Gasteiger partial charge in [-0.05, 0) is 54.1 Å². The zero-order valence-electron chi connectivity index (χ0n) is 11.4. The van der Waals surface area contributed by atoms with Crippen LogP contribution in [0.3, 0.4) is 0 Å². The molecule has 2 aromatic rings. The molecule has 0 fully saturated rings. The quantitative estimate of drug-likeness (QED) is 0.689. The summed E-state index contributed by atoms with van der Waals surface area (Å²) in [6, 6.07) is 15.6. The van der Waals surface area contributed by atoms with Gasteiger partial charge in [-0.3, -0.25) is 4.79 Å². The Morgan fingerprint density at radius 2 is 1.86 bits per heavy atom. The van der Waals surface area contributed by atoms with Crippen LogP contribution in [0, 0.1) is 11.3 Å². The third-order valence-electron chi connectivity index (χ3n) is 2.77. The topological polar surface area (TPSA) is 74.5 Å². The van der Waals surface area contributed by atoms with Crippen molar-refractivity contribution in [1.29, 1.82) is 5.26 Å². The number of carbonyl (C=O) groups excluding carboxylic acids is 1. The van der Waals surface area contributed by atoms with E-state index < -0.39 is 0 Å². The van der Waals surface area contributed by atoms with Crippen molar-refractivity contribution in [2.24, 2.45) is 5.10 Å². The van der Waals surface area contributed by atoms with Crippen LogP contribution < -0.4 is 10.2 Å². The van der Waals surface area contributed by atoms with E-state index in [1.54, 1.807) is 37.6 Å². The number of ether oxygens (including phenoxy) is 1. The molecule has 5 nitrogen and oxygen atoms in total. The number of amides is 1. The van der Waals surface area contributed by atoms with Gasteiger partial charge in [0.2, 0.25) is 0 Å². The van der Waals surface area contributed by atoms with Crippen molar-refractivity contribution in [3.05, 3.63) is 65.2 Å². The van der Waals surface area contributed by atoms with Crippen LogP contribution in [0.4, 0.5) is 0 Å². The lowest BCUT2D eigenvalue weighted by atomic mass is 10.1. The Morgan fingerprint density at radius 3 is 2.43 bits per heavy atom. The van der Waals surface area contributed by atoms with Gasteiger partial charge in [-0.15, -0.1) is 0 Å². The minimum Gasteiger partial charge on any atom is -0.497 e. The average Bonchev–Trinajstić information content (AvgIpc) is 2.55. The van der Waals surface area contributed by atoms with Crippen LogP contribution in [-0.2, 0) is 0 Å². The highest BCUT2D eigenvalue weighted by molar-refractivity contribution is 5.94. The second kappa shape index (κ2) is 6.87. The summed E-state index contributed by atoms with van der Waals surface area (Å²) in [6.07, 6.45) is 1.54. The molecule has 21 heavy (non-hydrogen) atoms. The van der Waals surface area contributed by atoms with Crippen LogP contribution in [0.2, 0.25) is 0 Å². The zero-order valence-corrected chi connectivity index (χ0v) is 11.4. The van der Waals surface area contributed by atoms with Gasteiger partial charge in [0, 0.05) is 5.56 Å². The molecule has 0 aliphatic carbocycles. The molecule has 0 bridgehead atoms. The predicted molar refractivity (Wildman–Crippen MR) is 79.2 cm³/mol. The van der Waals surface area contributed by atoms with Crippen LogP contribution in [-0.4, -0.2) is 19.2 Å². The van der Waals surface area contributed by atoms with E-state index in [1.165, 1.54) is 0 Å². The highest BCUT2D eigenvalue weighted by Crippen LogP contribution is 2.09. The van der Waals surface area contributed by atoms with Gasteiger partial charge < -0.3 is 4.74 Å². The molecule has 0 atom stereocenters. The first kappa shape index (κ1) is 14.3. The monoisotopic (exact) mass is 279 g/mol. The number of hydrogen-bond acceptors (Lipinski definition) is 4. The number of benzene rings is 2. The molecule has 0 spiro atoms. The van der Waals surface area contributed by atoms with Gasteiger partial charge in [-0.2, -0.15) is 10.4 Å². The summed E-state index contributed by atoms with van der Waals surface area (Å²) in [5.74, 6) is 0.429. The Hall–Kier alpha value is -3.13. The van der Waals surface area contributed by atoms with E-state index in [2.05, 4.69) is 10.5 Å². The number of hydrazone groups is 1. The van der Waals surface area contributed by atoms with E-state index in [0.29, 0.717) is 11.1 Å². The maximum absolute atomic E-state index is 11.8. The third-order valence-corrected chi connectivity index (χ3v) is 2.77. The molecule has 0 aromatic heterocycles. The Kier molecular flexibility index (Phi) is 4.67. The maximum Gasteiger partial charge on any atom is 0.271 e. The number of methoxy groups -OCH3 is 1. The second-order valence-corrected chi connectivity index (χ2v) is 4.16. The third kappa shape index (κ3) is 3.91. The first-order chi connectivity index (χ1) is 10.2. The minimum absolute atomic E-state index is 0.329. The van der Waals surface area contributed by atoms with Gasteiger partial charge in [0.15, 0.2) is 0 Å². The van der Waals surface area contributed by atoms with Crippen LogP contribution in [0.25, 0.3) is 0 Å². The number of rotatable bonds is 4. The van der Waals surface area contributed by atoms with E-state index in [9.17, 15) is 4.79 Å². The fraction of sp³-hybridized carbons (Fsp3) is 0.0625. The first-order valence-corrected chi connectivity index (χ1v) is 6.20. The number of nitrogens with zero attached hydrogens (tertiary/aromatic N) is 2. The SMILES string of the molecule is COc1ccc(/C=N\NC(=O)c2ccc(C#N)cc2)cc1. The summed E-state index contributed by atoms with van der Waals surface area (Å²) in [7, 11) is 1.60. The Bertz CT molecular complexity index is 683. The van der Waals surface area contributed by atoms with E-state index in [-0.39, 0.29) is 5.91 Å². The molecule has 0 saturated heterocycles. The van der Waals surface area contributed by atoms with Gasteiger partial charge in [-0.25, -0.2) is 5.43 Å². The summed E-state index contributed by atoms with van der Waals surface area (Å²) in [5, 5.41) is 12.6. The molecule has 5 heteroatoms.